The first-order chi connectivity index (χ1) is 11.6. The van der Waals surface area contributed by atoms with Gasteiger partial charge in [-0.15, -0.1) is 11.3 Å². The fourth-order valence-electron chi connectivity index (χ4n) is 3.19. The van der Waals surface area contributed by atoms with E-state index >= 15 is 0 Å². The highest BCUT2D eigenvalue weighted by Gasteiger charge is 2.20. The summed E-state index contributed by atoms with van der Waals surface area (Å²) in [5.41, 5.74) is 2.12. The molecule has 0 bridgehead atoms. The van der Waals surface area contributed by atoms with Crippen molar-refractivity contribution in [2.45, 2.75) is 25.7 Å². The van der Waals surface area contributed by atoms with Crippen LogP contribution in [-0.4, -0.2) is 17.1 Å². The fourth-order valence-corrected chi connectivity index (χ4v) is 6.66. The van der Waals surface area contributed by atoms with Crippen LogP contribution in [-0.2, 0) is 12.8 Å². The lowest BCUT2D eigenvalue weighted by Crippen LogP contribution is -2.11. The van der Waals surface area contributed by atoms with Crippen LogP contribution >= 0.6 is 56.5 Å². The third-order valence-corrected chi connectivity index (χ3v) is 7.09. The zero-order valence-electron chi connectivity index (χ0n) is 12.9. The average Bonchev–Trinajstić information content (AvgIpc) is 2.93. The van der Waals surface area contributed by atoms with E-state index in [1.54, 1.807) is 18.4 Å². The van der Waals surface area contributed by atoms with Crippen molar-refractivity contribution in [2.24, 2.45) is 0 Å². The monoisotopic (exact) mass is 564 g/mol. The number of fused-ring (bicyclic) bond motifs is 3. The largest absolute Gasteiger partial charge is 0.495 e. The number of nitrogens with one attached hydrogen (secondary N) is 1. The maximum Gasteiger partial charge on any atom is 0.260 e. The minimum absolute atomic E-state index is 0.0183. The van der Waals surface area contributed by atoms with Gasteiger partial charge in [0.25, 0.3) is 5.56 Å². The van der Waals surface area contributed by atoms with Crippen LogP contribution < -0.4 is 10.3 Å². The van der Waals surface area contributed by atoms with Gasteiger partial charge in [0.15, 0.2) is 0 Å². The van der Waals surface area contributed by atoms with Gasteiger partial charge in [-0.05, 0) is 88.6 Å². The van der Waals surface area contributed by atoms with Gasteiger partial charge in [0.1, 0.15) is 16.4 Å². The van der Waals surface area contributed by atoms with Crippen LogP contribution in [0.3, 0.4) is 0 Å². The Kier molecular flexibility index (Phi) is 4.59. The number of halogens is 2. The molecule has 3 aromatic rings. The Morgan fingerprint density at radius 1 is 1.21 bits per heavy atom. The van der Waals surface area contributed by atoms with E-state index in [9.17, 15) is 4.79 Å². The number of rotatable bonds is 2. The number of thiophene rings is 1. The number of hydrogen-bond acceptors (Lipinski definition) is 4. The maximum atomic E-state index is 12.7. The lowest BCUT2D eigenvalue weighted by molar-refractivity contribution is 0.409. The minimum Gasteiger partial charge on any atom is -0.495 e. The Hall–Kier alpha value is -0.680. The molecule has 0 aliphatic heterocycles. The second kappa shape index (κ2) is 6.56. The van der Waals surface area contributed by atoms with E-state index in [0.717, 1.165) is 47.9 Å². The van der Waals surface area contributed by atoms with Gasteiger partial charge in [0.2, 0.25) is 0 Å². The molecule has 1 aliphatic rings. The molecule has 0 radical (unpaired) electrons. The first kappa shape index (κ1) is 16.8. The highest BCUT2D eigenvalue weighted by atomic mass is 127. The Labute approximate surface area is 170 Å². The lowest BCUT2D eigenvalue weighted by atomic mass is 9.97. The molecule has 1 aromatic carbocycles. The first-order valence-corrected chi connectivity index (χ1v) is 10.6. The van der Waals surface area contributed by atoms with E-state index in [2.05, 4.69) is 50.2 Å². The number of H-pyrrole nitrogens is 1. The van der Waals surface area contributed by atoms with Gasteiger partial charge in [-0.25, -0.2) is 4.98 Å². The molecule has 4 nitrogen and oxygen atoms in total. The highest BCUT2D eigenvalue weighted by molar-refractivity contribution is 14.1. The van der Waals surface area contributed by atoms with E-state index in [-0.39, 0.29) is 5.56 Å². The zero-order valence-corrected chi connectivity index (χ0v) is 18.0. The summed E-state index contributed by atoms with van der Waals surface area (Å²) in [5.74, 6) is 1.49. The lowest BCUT2D eigenvalue weighted by Gasteiger charge is -2.10. The van der Waals surface area contributed by atoms with E-state index in [4.69, 9.17) is 9.72 Å². The molecule has 7 heteroatoms. The molecular formula is C17H14I2N2O2S. The van der Waals surface area contributed by atoms with Crippen molar-refractivity contribution in [3.8, 4) is 17.1 Å². The summed E-state index contributed by atoms with van der Waals surface area (Å²) < 4.78 is 7.42. The normalized spacial score (nSPS) is 14.0. The first-order valence-electron chi connectivity index (χ1n) is 7.66. The van der Waals surface area contributed by atoms with Crippen molar-refractivity contribution >= 4 is 66.7 Å². The van der Waals surface area contributed by atoms with E-state index in [1.807, 2.05) is 12.1 Å². The molecule has 0 spiro atoms. The number of methoxy groups -OCH3 is 1. The topological polar surface area (TPSA) is 55.0 Å². The molecule has 1 N–H and O–H groups in total. The van der Waals surface area contributed by atoms with Crippen LogP contribution in [0.1, 0.15) is 23.3 Å². The molecule has 0 fully saturated rings. The van der Waals surface area contributed by atoms with Crippen molar-refractivity contribution in [1.82, 2.24) is 9.97 Å². The van der Waals surface area contributed by atoms with Crippen LogP contribution in [0.25, 0.3) is 21.6 Å². The average molecular weight is 564 g/mol. The van der Waals surface area contributed by atoms with Gasteiger partial charge >= 0.3 is 0 Å². The van der Waals surface area contributed by atoms with Crippen LogP contribution in [0.5, 0.6) is 5.75 Å². The molecule has 1 aliphatic carbocycles. The summed E-state index contributed by atoms with van der Waals surface area (Å²) in [7, 11) is 1.67. The smallest absolute Gasteiger partial charge is 0.260 e. The van der Waals surface area contributed by atoms with Crippen molar-refractivity contribution < 1.29 is 4.74 Å². The zero-order chi connectivity index (χ0) is 16.8. The molecule has 0 unspecified atom stereocenters. The molecule has 24 heavy (non-hydrogen) atoms. The second-order valence-corrected chi connectivity index (χ2v) is 9.19. The van der Waals surface area contributed by atoms with Gasteiger partial charge in [-0.2, -0.15) is 0 Å². The fraction of sp³-hybridized carbons (Fsp3) is 0.294. The van der Waals surface area contributed by atoms with Crippen molar-refractivity contribution in [3.63, 3.8) is 0 Å². The maximum absolute atomic E-state index is 12.7. The number of benzene rings is 1. The van der Waals surface area contributed by atoms with Crippen LogP contribution in [0, 0.1) is 7.14 Å². The summed E-state index contributed by atoms with van der Waals surface area (Å²) >= 11 is 6.17. The third kappa shape index (κ3) is 2.78. The molecule has 0 atom stereocenters. The Balaban J connectivity index is 1.91. The van der Waals surface area contributed by atoms with Gasteiger partial charge in [0, 0.05) is 10.4 Å². The summed E-state index contributed by atoms with van der Waals surface area (Å²) in [6.07, 6.45) is 4.44. The molecule has 2 heterocycles. The van der Waals surface area contributed by atoms with Crippen molar-refractivity contribution in [1.29, 1.82) is 0 Å². The molecule has 0 saturated carbocycles. The molecule has 0 saturated heterocycles. The SMILES string of the molecule is COc1c(I)cc(-c2nc3sc4c(c3c(=O)[nH]2)CCCC4)cc1I. The quantitative estimate of drug-likeness (QED) is 0.458. The Bertz CT molecular complexity index is 987. The summed E-state index contributed by atoms with van der Waals surface area (Å²) in [4.78, 5) is 22.6. The van der Waals surface area contributed by atoms with Gasteiger partial charge in [0.05, 0.1) is 19.6 Å². The third-order valence-electron chi connectivity index (χ3n) is 4.30. The second-order valence-electron chi connectivity index (χ2n) is 5.78. The molecule has 0 amide bonds. The number of aromatic amines is 1. The van der Waals surface area contributed by atoms with E-state index in [0.29, 0.717) is 5.82 Å². The van der Waals surface area contributed by atoms with Crippen LogP contribution in [0.2, 0.25) is 0 Å². The van der Waals surface area contributed by atoms with Gasteiger partial charge < -0.3 is 9.72 Å². The predicted molar refractivity (Wildman–Crippen MR) is 114 cm³/mol. The van der Waals surface area contributed by atoms with Gasteiger partial charge in [-0.3, -0.25) is 4.79 Å². The van der Waals surface area contributed by atoms with E-state index < -0.39 is 0 Å². The Morgan fingerprint density at radius 2 is 1.92 bits per heavy atom. The number of aryl methyl sites for hydroxylation is 2. The van der Waals surface area contributed by atoms with Crippen molar-refractivity contribution in [3.05, 3.63) is 40.1 Å². The number of ether oxygens (including phenoxy) is 1. The number of aromatic nitrogens is 2. The molecule has 2 aromatic heterocycles. The molecular weight excluding hydrogens is 550 g/mol. The summed E-state index contributed by atoms with van der Waals surface area (Å²) in [5, 5.41) is 0.802. The standard InChI is InChI=1S/C17H14I2N2O2S/c1-23-14-10(18)6-8(7-11(14)19)15-20-16(22)13-9-4-2-3-5-12(9)24-17(13)21-15/h6-7H,2-5H2,1H3,(H,20,21,22). The predicted octanol–water partition coefficient (Wildman–Crippen LogP) is 4.75. The minimum atomic E-state index is -0.0183. The Morgan fingerprint density at radius 3 is 2.62 bits per heavy atom. The van der Waals surface area contributed by atoms with E-state index in [1.165, 1.54) is 16.9 Å². The highest BCUT2D eigenvalue weighted by Crippen LogP contribution is 2.35. The van der Waals surface area contributed by atoms with Crippen LogP contribution in [0.15, 0.2) is 16.9 Å². The van der Waals surface area contributed by atoms with Gasteiger partial charge in [-0.1, -0.05) is 0 Å². The number of nitrogens with zero attached hydrogens (tertiary/aromatic N) is 1. The molecule has 124 valence electrons. The summed E-state index contributed by atoms with van der Waals surface area (Å²) in [6, 6.07) is 4.00. The number of hydrogen-bond donors (Lipinski definition) is 1. The van der Waals surface area contributed by atoms with Crippen molar-refractivity contribution in [2.75, 3.05) is 7.11 Å². The van der Waals surface area contributed by atoms with Crippen LogP contribution in [0.4, 0.5) is 0 Å². The molecule has 4 rings (SSSR count). The summed E-state index contributed by atoms with van der Waals surface area (Å²) in [6.45, 7) is 0.